The molecule has 2 aliphatic heterocycles. The van der Waals surface area contributed by atoms with Crippen LogP contribution >= 0.6 is 0 Å². The van der Waals surface area contributed by atoms with Gasteiger partial charge in [0, 0.05) is 55.5 Å². The van der Waals surface area contributed by atoms with Crippen LogP contribution in [0.15, 0.2) is 146 Å². The molecule has 0 aliphatic carbocycles. The van der Waals surface area contributed by atoms with Crippen molar-refractivity contribution >= 4 is 89.5 Å². The predicted octanol–water partition coefficient (Wildman–Crippen LogP) is 8.94. The lowest BCUT2D eigenvalue weighted by Gasteiger charge is -2.40. The molecule has 2 aromatic heterocycles. The topological polar surface area (TPSA) is 13.1 Å². The number of hydrogen-bond donors (Lipinski definition) is 0. The molecule has 3 nitrogen and oxygen atoms in total. The fourth-order valence-electron chi connectivity index (χ4n) is 8.41. The van der Waals surface area contributed by atoms with Crippen molar-refractivity contribution in [3.8, 4) is 5.69 Å². The second-order valence-corrected chi connectivity index (χ2v) is 12.4. The molecule has 0 saturated heterocycles. The van der Waals surface area contributed by atoms with Crippen molar-refractivity contribution in [1.29, 1.82) is 0 Å². The monoisotopic (exact) mass is 587 g/mol. The Morgan fingerprint density at radius 1 is 0.565 bits per heavy atom. The molecule has 216 valence electrons. The summed E-state index contributed by atoms with van der Waals surface area (Å²) in [6.45, 7) is 4.37. The van der Waals surface area contributed by atoms with Crippen LogP contribution in [0, 0.1) is 0 Å². The van der Waals surface area contributed by atoms with Gasteiger partial charge in [-0.2, -0.15) is 0 Å². The summed E-state index contributed by atoms with van der Waals surface area (Å²) in [5.74, 6) is 0. The zero-order chi connectivity index (χ0) is 30.5. The van der Waals surface area contributed by atoms with Crippen LogP contribution in [0.1, 0.15) is 13.8 Å². The standard InChI is InChI=1S/C42H30BN3/c1-3-14-27(4-2)44-35-21-10-8-17-29(35)31-25-40-32(26-39(31)44)30-18-12-20-34-42(30)46(40)38-24-13-23-37-41(38)43(34)33-19-9-11-22-36(33)45(37)28-15-6-5-7-16-28/h3-26H,1-2H3/b14-3-,27-4+. The van der Waals surface area contributed by atoms with E-state index in [-0.39, 0.29) is 6.71 Å². The number of benzene rings is 6. The molecule has 2 aliphatic rings. The van der Waals surface area contributed by atoms with Crippen LogP contribution in [-0.4, -0.2) is 15.8 Å². The second kappa shape index (κ2) is 9.39. The maximum atomic E-state index is 2.56. The van der Waals surface area contributed by atoms with Gasteiger partial charge in [0.2, 0.25) is 0 Å². The molecule has 0 unspecified atom stereocenters. The highest BCUT2D eigenvalue weighted by molar-refractivity contribution is 7.00. The minimum absolute atomic E-state index is 0.149. The average molecular weight is 588 g/mol. The number of rotatable bonds is 3. The molecule has 0 atom stereocenters. The summed E-state index contributed by atoms with van der Waals surface area (Å²) in [5, 5.41) is 5.14. The first-order valence-corrected chi connectivity index (χ1v) is 16.2. The number of anilines is 3. The SMILES string of the molecule is C/C=C\C(=C/C)n1c2ccccc2c2cc3c(cc21)c1cccc2c1n3-c1cccc3c1B2c1ccccc1N3c1ccccc1. The molecule has 0 radical (unpaired) electrons. The van der Waals surface area contributed by atoms with E-state index in [1.807, 2.05) is 0 Å². The first-order valence-electron chi connectivity index (χ1n) is 16.2. The molecule has 0 fully saturated rings. The molecule has 10 rings (SSSR count). The van der Waals surface area contributed by atoms with Crippen molar-refractivity contribution in [3.63, 3.8) is 0 Å². The average Bonchev–Trinajstić information content (AvgIpc) is 3.61. The summed E-state index contributed by atoms with van der Waals surface area (Å²) in [6, 6.07) is 47.3. The van der Waals surface area contributed by atoms with Gasteiger partial charge >= 0.3 is 0 Å². The summed E-state index contributed by atoms with van der Waals surface area (Å²) < 4.78 is 4.98. The van der Waals surface area contributed by atoms with Gasteiger partial charge in [-0.05, 0) is 84.8 Å². The van der Waals surface area contributed by atoms with Crippen LogP contribution in [0.5, 0.6) is 0 Å². The Balaban J connectivity index is 1.36. The Hall–Kier alpha value is -5.74. The van der Waals surface area contributed by atoms with Gasteiger partial charge in [0.25, 0.3) is 6.71 Å². The number of nitrogens with zero attached hydrogens (tertiary/aromatic N) is 3. The second-order valence-electron chi connectivity index (χ2n) is 12.4. The molecule has 4 heteroatoms. The molecule has 0 amide bonds. The highest BCUT2D eigenvalue weighted by Gasteiger charge is 2.41. The zero-order valence-corrected chi connectivity index (χ0v) is 25.8. The van der Waals surface area contributed by atoms with Crippen molar-refractivity contribution in [3.05, 3.63) is 146 Å². The molecule has 0 spiro atoms. The summed E-state index contributed by atoms with van der Waals surface area (Å²) in [4.78, 5) is 2.45. The largest absolute Gasteiger partial charge is 0.311 e. The Kier molecular flexibility index (Phi) is 5.22. The minimum Gasteiger partial charge on any atom is -0.311 e. The fourth-order valence-corrected chi connectivity index (χ4v) is 8.41. The van der Waals surface area contributed by atoms with E-state index >= 15 is 0 Å². The lowest BCUT2D eigenvalue weighted by atomic mass is 9.34. The molecule has 0 bridgehead atoms. The fraction of sp³-hybridized carbons (Fsp3) is 0.0476. The van der Waals surface area contributed by atoms with Crippen LogP contribution in [-0.2, 0) is 0 Å². The highest BCUT2D eigenvalue weighted by Crippen LogP contribution is 2.43. The highest BCUT2D eigenvalue weighted by atomic mass is 15.2. The quantitative estimate of drug-likeness (QED) is 0.149. The van der Waals surface area contributed by atoms with Crippen molar-refractivity contribution in [2.45, 2.75) is 13.8 Å². The minimum atomic E-state index is 0.149. The van der Waals surface area contributed by atoms with E-state index < -0.39 is 0 Å². The number of aromatic nitrogens is 2. The third-order valence-electron chi connectivity index (χ3n) is 10.1. The summed E-state index contributed by atoms with van der Waals surface area (Å²) in [6.07, 6.45) is 6.54. The van der Waals surface area contributed by atoms with Crippen LogP contribution in [0.4, 0.5) is 17.1 Å². The van der Waals surface area contributed by atoms with E-state index in [1.54, 1.807) is 0 Å². The molecule has 8 aromatic rings. The van der Waals surface area contributed by atoms with Crippen molar-refractivity contribution in [2.24, 2.45) is 0 Å². The predicted molar refractivity (Wildman–Crippen MR) is 198 cm³/mol. The van der Waals surface area contributed by atoms with Gasteiger partial charge in [0.15, 0.2) is 0 Å². The van der Waals surface area contributed by atoms with Crippen LogP contribution in [0.25, 0.3) is 55.0 Å². The van der Waals surface area contributed by atoms with E-state index in [9.17, 15) is 0 Å². The lowest BCUT2D eigenvalue weighted by molar-refractivity contribution is 1.18. The van der Waals surface area contributed by atoms with E-state index in [0.29, 0.717) is 0 Å². The third-order valence-corrected chi connectivity index (χ3v) is 10.1. The molecule has 4 heterocycles. The third kappa shape index (κ3) is 3.18. The molecule has 46 heavy (non-hydrogen) atoms. The van der Waals surface area contributed by atoms with Crippen LogP contribution in [0.3, 0.4) is 0 Å². The number of allylic oxidation sites excluding steroid dienone is 4. The van der Waals surface area contributed by atoms with Gasteiger partial charge in [-0.3, -0.25) is 0 Å². The van der Waals surface area contributed by atoms with Gasteiger partial charge in [-0.15, -0.1) is 0 Å². The Labute approximate surface area is 268 Å². The first kappa shape index (κ1) is 25.6. The maximum Gasteiger partial charge on any atom is 0.252 e. The van der Waals surface area contributed by atoms with E-state index in [4.69, 9.17) is 0 Å². The van der Waals surface area contributed by atoms with Gasteiger partial charge < -0.3 is 14.0 Å². The summed E-state index contributed by atoms with van der Waals surface area (Å²) in [7, 11) is 0. The number of hydrogen-bond acceptors (Lipinski definition) is 1. The van der Waals surface area contributed by atoms with Crippen molar-refractivity contribution in [2.75, 3.05) is 4.90 Å². The number of fused-ring (bicyclic) bond motifs is 10. The molecule has 0 N–H and O–H groups in total. The molecular formula is C42H30BN3. The normalized spacial score (nSPS) is 13.8. The Morgan fingerprint density at radius 2 is 1.24 bits per heavy atom. The summed E-state index contributed by atoms with van der Waals surface area (Å²) >= 11 is 0. The van der Waals surface area contributed by atoms with E-state index in [0.717, 1.165) is 0 Å². The van der Waals surface area contributed by atoms with E-state index in [2.05, 4.69) is 174 Å². The maximum absolute atomic E-state index is 2.56. The zero-order valence-electron chi connectivity index (χ0n) is 25.8. The van der Waals surface area contributed by atoms with Gasteiger partial charge in [-0.25, -0.2) is 0 Å². The first-order chi connectivity index (χ1) is 22.8. The summed E-state index contributed by atoms with van der Waals surface area (Å²) in [5.41, 5.74) is 15.2. The van der Waals surface area contributed by atoms with Crippen molar-refractivity contribution < 1.29 is 0 Å². The molecule has 6 aromatic carbocycles. The van der Waals surface area contributed by atoms with Crippen LogP contribution < -0.4 is 21.3 Å². The van der Waals surface area contributed by atoms with Gasteiger partial charge in [0.1, 0.15) is 0 Å². The molecular weight excluding hydrogens is 557 g/mol. The van der Waals surface area contributed by atoms with Gasteiger partial charge in [0.05, 0.1) is 16.6 Å². The van der Waals surface area contributed by atoms with Gasteiger partial charge in [-0.1, -0.05) is 91.0 Å². The van der Waals surface area contributed by atoms with E-state index in [1.165, 1.54) is 88.4 Å². The Bertz CT molecular complexity index is 2620. The Morgan fingerprint density at radius 3 is 2.11 bits per heavy atom. The lowest BCUT2D eigenvalue weighted by Crippen LogP contribution is -2.60. The molecule has 0 saturated carbocycles. The number of para-hydroxylation sites is 4. The van der Waals surface area contributed by atoms with Crippen LogP contribution in [0.2, 0.25) is 0 Å². The van der Waals surface area contributed by atoms with Crippen molar-refractivity contribution in [1.82, 2.24) is 9.13 Å². The smallest absolute Gasteiger partial charge is 0.252 e.